The highest BCUT2D eigenvalue weighted by molar-refractivity contribution is 5.81. The lowest BCUT2D eigenvalue weighted by molar-refractivity contribution is -0.128. The van der Waals surface area contributed by atoms with Crippen molar-refractivity contribution in [3.05, 3.63) is 55.4 Å². The number of hydrogen-bond donors (Lipinski definition) is 1. The van der Waals surface area contributed by atoms with E-state index in [4.69, 9.17) is 0 Å². The number of halogens is 1. The van der Waals surface area contributed by atoms with Crippen LogP contribution in [-0.4, -0.2) is 30.4 Å². The molecule has 1 aromatic rings. The van der Waals surface area contributed by atoms with Crippen molar-refractivity contribution >= 4 is 11.6 Å². The van der Waals surface area contributed by atoms with E-state index in [1.165, 1.54) is 12.1 Å². The molecule has 1 rings (SSSR count). The Morgan fingerprint density at radius 3 is 2.28 bits per heavy atom. The Labute approximate surface area is 107 Å². The van der Waals surface area contributed by atoms with Crippen LogP contribution in [0.25, 0.3) is 0 Å². The van der Waals surface area contributed by atoms with Crippen molar-refractivity contribution in [3.8, 4) is 0 Å². The highest BCUT2D eigenvalue weighted by Crippen LogP contribution is 2.07. The zero-order valence-electron chi connectivity index (χ0n) is 10.2. The van der Waals surface area contributed by atoms with Gasteiger partial charge in [0, 0.05) is 18.8 Å². The van der Waals surface area contributed by atoms with Crippen LogP contribution in [0, 0.1) is 5.82 Å². The first-order valence-electron chi connectivity index (χ1n) is 5.66. The fourth-order valence-corrected chi connectivity index (χ4v) is 1.45. The highest BCUT2D eigenvalue weighted by Gasteiger charge is 2.09. The van der Waals surface area contributed by atoms with E-state index in [-0.39, 0.29) is 18.3 Å². The summed E-state index contributed by atoms with van der Waals surface area (Å²) in [6.45, 7) is 8.33. The average Bonchev–Trinajstić information content (AvgIpc) is 2.37. The van der Waals surface area contributed by atoms with Gasteiger partial charge in [-0.25, -0.2) is 4.39 Å². The van der Waals surface area contributed by atoms with Gasteiger partial charge in [-0.3, -0.25) is 4.79 Å². The summed E-state index contributed by atoms with van der Waals surface area (Å²) in [4.78, 5) is 13.5. The van der Waals surface area contributed by atoms with Crippen LogP contribution in [-0.2, 0) is 4.79 Å². The molecular formula is C14H17FN2O. The van der Waals surface area contributed by atoms with E-state index in [9.17, 15) is 9.18 Å². The maximum Gasteiger partial charge on any atom is 0.242 e. The quantitative estimate of drug-likeness (QED) is 0.752. The molecule has 0 bridgehead atoms. The zero-order valence-corrected chi connectivity index (χ0v) is 10.2. The lowest BCUT2D eigenvalue weighted by atomic mass is 10.3. The van der Waals surface area contributed by atoms with Gasteiger partial charge in [0.2, 0.25) is 5.91 Å². The Bertz CT molecular complexity index is 404. The minimum Gasteiger partial charge on any atom is -0.376 e. The number of rotatable bonds is 7. The highest BCUT2D eigenvalue weighted by atomic mass is 19.1. The van der Waals surface area contributed by atoms with E-state index < -0.39 is 0 Å². The average molecular weight is 248 g/mol. The summed E-state index contributed by atoms with van der Waals surface area (Å²) in [5.74, 6) is -0.356. The first kappa shape index (κ1) is 14.0. The van der Waals surface area contributed by atoms with Crippen molar-refractivity contribution in [3.63, 3.8) is 0 Å². The van der Waals surface area contributed by atoms with Crippen LogP contribution in [0.3, 0.4) is 0 Å². The Morgan fingerprint density at radius 2 is 1.78 bits per heavy atom. The minimum absolute atomic E-state index is 0.0564. The lowest BCUT2D eigenvalue weighted by Crippen LogP contribution is -2.35. The van der Waals surface area contributed by atoms with Gasteiger partial charge in [-0.2, -0.15) is 0 Å². The van der Waals surface area contributed by atoms with Gasteiger partial charge in [0.1, 0.15) is 5.82 Å². The number of amides is 1. The normalized spacial score (nSPS) is 9.61. The summed E-state index contributed by atoms with van der Waals surface area (Å²) < 4.78 is 12.7. The molecule has 0 saturated carbocycles. The van der Waals surface area contributed by atoms with Gasteiger partial charge >= 0.3 is 0 Å². The number of anilines is 1. The lowest BCUT2D eigenvalue weighted by Gasteiger charge is -2.19. The van der Waals surface area contributed by atoms with E-state index >= 15 is 0 Å². The molecule has 0 radical (unpaired) electrons. The summed E-state index contributed by atoms with van der Waals surface area (Å²) in [5, 5.41) is 2.94. The van der Waals surface area contributed by atoms with Crippen LogP contribution in [0.15, 0.2) is 49.6 Å². The molecular weight excluding hydrogens is 231 g/mol. The van der Waals surface area contributed by atoms with Gasteiger partial charge in [-0.15, -0.1) is 13.2 Å². The molecule has 0 saturated heterocycles. The molecule has 0 fully saturated rings. The fourth-order valence-electron chi connectivity index (χ4n) is 1.45. The molecule has 3 nitrogen and oxygen atoms in total. The zero-order chi connectivity index (χ0) is 13.4. The molecule has 0 unspecified atom stereocenters. The molecule has 0 aromatic heterocycles. The topological polar surface area (TPSA) is 32.3 Å². The number of hydrogen-bond acceptors (Lipinski definition) is 2. The summed E-state index contributed by atoms with van der Waals surface area (Å²) in [6.07, 6.45) is 3.33. The third kappa shape index (κ3) is 4.41. The molecule has 0 atom stereocenters. The van der Waals surface area contributed by atoms with Crippen LogP contribution in [0.5, 0.6) is 0 Å². The van der Waals surface area contributed by atoms with Crippen LogP contribution in [0.2, 0.25) is 0 Å². The minimum atomic E-state index is -0.299. The monoisotopic (exact) mass is 248 g/mol. The van der Waals surface area contributed by atoms with Crippen LogP contribution in [0.1, 0.15) is 0 Å². The molecule has 0 aliphatic rings. The van der Waals surface area contributed by atoms with Crippen LogP contribution < -0.4 is 5.32 Å². The largest absolute Gasteiger partial charge is 0.376 e. The predicted octanol–water partition coefficient (Wildman–Crippen LogP) is 2.44. The van der Waals surface area contributed by atoms with Gasteiger partial charge in [-0.05, 0) is 24.3 Å². The SMILES string of the molecule is C=CCN(CC=C)C(=O)CNc1ccc(F)cc1. The third-order valence-electron chi connectivity index (χ3n) is 2.34. The van der Waals surface area contributed by atoms with Crippen molar-refractivity contribution < 1.29 is 9.18 Å². The summed E-state index contributed by atoms with van der Waals surface area (Å²) in [5.41, 5.74) is 0.710. The van der Waals surface area contributed by atoms with Gasteiger partial charge in [0.05, 0.1) is 6.54 Å². The second-order valence-electron chi connectivity index (χ2n) is 3.74. The number of nitrogens with one attached hydrogen (secondary N) is 1. The number of carbonyl (C=O) groups is 1. The molecule has 96 valence electrons. The molecule has 0 aliphatic carbocycles. The van der Waals surface area contributed by atoms with Crippen molar-refractivity contribution in [2.75, 3.05) is 25.0 Å². The van der Waals surface area contributed by atoms with Crippen molar-refractivity contribution in [1.82, 2.24) is 4.90 Å². The van der Waals surface area contributed by atoms with Gasteiger partial charge in [0.25, 0.3) is 0 Å². The first-order valence-corrected chi connectivity index (χ1v) is 5.66. The molecule has 1 amide bonds. The van der Waals surface area contributed by atoms with E-state index in [2.05, 4.69) is 18.5 Å². The Morgan fingerprint density at radius 1 is 1.22 bits per heavy atom. The summed E-state index contributed by atoms with van der Waals surface area (Å²) in [6, 6.07) is 5.87. The number of carbonyl (C=O) groups excluding carboxylic acids is 1. The molecule has 1 aromatic carbocycles. The Balaban J connectivity index is 2.50. The molecule has 0 spiro atoms. The number of benzene rings is 1. The molecule has 0 aliphatic heterocycles. The van der Waals surface area contributed by atoms with Crippen molar-refractivity contribution in [2.45, 2.75) is 0 Å². The van der Waals surface area contributed by atoms with E-state index in [1.807, 2.05) is 0 Å². The van der Waals surface area contributed by atoms with Crippen molar-refractivity contribution in [2.24, 2.45) is 0 Å². The van der Waals surface area contributed by atoms with Gasteiger partial charge in [-0.1, -0.05) is 12.2 Å². The first-order chi connectivity index (χ1) is 8.67. The second-order valence-corrected chi connectivity index (χ2v) is 3.74. The van der Waals surface area contributed by atoms with E-state index in [0.717, 1.165) is 0 Å². The smallest absolute Gasteiger partial charge is 0.242 e. The Kier molecular flexibility index (Phi) is 5.64. The van der Waals surface area contributed by atoms with Crippen LogP contribution in [0.4, 0.5) is 10.1 Å². The van der Waals surface area contributed by atoms with Gasteiger partial charge < -0.3 is 10.2 Å². The standard InChI is InChI=1S/C14H17FN2O/c1-3-9-17(10-4-2)14(18)11-16-13-7-5-12(15)6-8-13/h3-8,16H,1-2,9-11H2. The molecule has 18 heavy (non-hydrogen) atoms. The summed E-state index contributed by atoms with van der Waals surface area (Å²) >= 11 is 0. The molecule has 0 heterocycles. The molecule has 1 N–H and O–H groups in total. The second kappa shape index (κ2) is 7.27. The molecule has 4 heteroatoms. The number of nitrogens with zero attached hydrogens (tertiary/aromatic N) is 1. The summed E-state index contributed by atoms with van der Waals surface area (Å²) in [7, 11) is 0. The third-order valence-corrected chi connectivity index (χ3v) is 2.34. The maximum absolute atomic E-state index is 12.7. The van der Waals surface area contributed by atoms with Crippen molar-refractivity contribution in [1.29, 1.82) is 0 Å². The van der Waals surface area contributed by atoms with E-state index in [1.54, 1.807) is 29.2 Å². The maximum atomic E-state index is 12.7. The van der Waals surface area contributed by atoms with E-state index in [0.29, 0.717) is 18.8 Å². The predicted molar refractivity (Wildman–Crippen MR) is 71.9 cm³/mol. The fraction of sp³-hybridized carbons (Fsp3) is 0.214. The van der Waals surface area contributed by atoms with Gasteiger partial charge in [0.15, 0.2) is 0 Å². The van der Waals surface area contributed by atoms with Crippen LogP contribution >= 0.6 is 0 Å². The Hall–Kier alpha value is -2.10.